The number of hydrogen-bond acceptors (Lipinski definition) is 8. The van der Waals surface area contributed by atoms with Crippen molar-refractivity contribution < 1.29 is 22.7 Å². The minimum atomic E-state index is -4.45. The molecule has 1 amide bonds. The molecule has 6 rings (SSSR count). The number of ether oxygens (including phenoxy) is 1. The normalized spacial score (nSPS) is 15.3. The van der Waals surface area contributed by atoms with Crippen molar-refractivity contribution in [3.8, 4) is 0 Å². The SMILES string of the molecule is O=C(NCc1cccc(C(F)(F)F)c1)OC1CCc2c(sc3ncnc(Nc4ccc5[nH]c(=O)sc5c4)c23)C1. The van der Waals surface area contributed by atoms with Crippen molar-refractivity contribution in [2.75, 3.05) is 5.32 Å². The van der Waals surface area contributed by atoms with Gasteiger partial charge in [-0.25, -0.2) is 14.8 Å². The van der Waals surface area contributed by atoms with E-state index in [9.17, 15) is 22.8 Å². The second-order valence-electron chi connectivity index (χ2n) is 9.08. The van der Waals surface area contributed by atoms with E-state index in [1.165, 1.54) is 29.8 Å². The molecule has 8 nitrogen and oxygen atoms in total. The van der Waals surface area contributed by atoms with Gasteiger partial charge < -0.3 is 20.4 Å². The molecule has 200 valence electrons. The zero-order chi connectivity index (χ0) is 27.1. The number of fused-ring (bicyclic) bond motifs is 4. The summed E-state index contributed by atoms with van der Waals surface area (Å²) in [5.41, 5.74) is 2.25. The summed E-state index contributed by atoms with van der Waals surface area (Å²) in [6.45, 7) is -0.0698. The number of aromatic amines is 1. The summed E-state index contributed by atoms with van der Waals surface area (Å²) >= 11 is 2.66. The second kappa shape index (κ2) is 9.97. The van der Waals surface area contributed by atoms with Gasteiger partial charge in [0.25, 0.3) is 0 Å². The number of thiazole rings is 1. The summed E-state index contributed by atoms with van der Waals surface area (Å²) in [6.07, 6.45) is -2.24. The Morgan fingerprint density at radius 2 is 2.03 bits per heavy atom. The molecule has 1 unspecified atom stereocenters. The molecule has 2 aromatic carbocycles. The van der Waals surface area contributed by atoms with Crippen molar-refractivity contribution in [3.05, 3.63) is 80.0 Å². The molecule has 3 N–H and O–H groups in total. The molecule has 0 saturated heterocycles. The van der Waals surface area contributed by atoms with Crippen molar-refractivity contribution >= 4 is 60.7 Å². The van der Waals surface area contributed by atoms with Crippen LogP contribution in [0.3, 0.4) is 0 Å². The van der Waals surface area contributed by atoms with Gasteiger partial charge in [-0.2, -0.15) is 13.2 Å². The number of H-pyrrole nitrogens is 1. The van der Waals surface area contributed by atoms with E-state index >= 15 is 0 Å². The van der Waals surface area contributed by atoms with Crippen LogP contribution >= 0.6 is 22.7 Å². The Kier molecular flexibility index (Phi) is 6.47. The third-order valence-corrected chi connectivity index (χ3v) is 8.46. The number of hydrogen-bond donors (Lipinski definition) is 3. The van der Waals surface area contributed by atoms with E-state index < -0.39 is 17.8 Å². The molecule has 1 aliphatic carbocycles. The number of alkyl carbamates (subject to hydrolysis) is 1. The van der Waals surface area contributed by atoms with Crippen LogP contribution in [0.2, 0.25) is 0 Å². The van der Waals surface area contributed by atoms with Crippen LogP contribution in [0.5, 0.6) is 0 Å². The van der Waals surface area contributed by atoms with Crippen molar-refractivity contribution in [1.82, 2.24) is 20.3 Å². The number of nitrogens with one attached hydrogen (secondary N) is 3. The Labute approximate surface area is 226 Å². The molecule has 1 atom stereocenters. The lowest BCUT2D eigenvalue weighted by Crippen LogP contribution is -2.31. The van der Waals surface area contributed by atoms with Gasteiger partial charge in [0, 0.05) is 23.5 Å². The van der Waals surface area contributed by atoms with Gasteiger partial charge in [0.1, 0.15) is 23.1 Å². The number of aromatic nitrogens is 3. The molecule has 3 aromatic heterocycles. The number of benzene rings is 2. The second-order valence-corrected chi connectivity index (χ2v) is 11.2. The standard InChI is InChI=1S/C26H20F3N5O3S2/c27-26(28,29)14-3-1-2-13(8-14)11-30-24(35)37-16-5-6-17-19(10-16)38-23-21(17)22(31-12-32-23)33-15-4-7-18-20(9-15)39-25(36)34-18/h1-4,7-9,12,16H,5-6,10-11H2,(H,30,35)(H,34,36)(H,31,32,33). The minimum Gasteiger partial charge on any atom is -0.446 e. The van der Waals surface area contributed by atoms with E-state index in [2.05, 4.69) is 25.6 Å². The van der Waals surface area contributed by atoms with Gasteiger partial charge in [-0.05, 0) is 54.3 Å². The first-order valence-electron chi connectivity index (χ1n) is 12.0. The molecule has 0 radical (unpaired) electrons. The number of alkyl halides is 3. The van der Waals surface area contributed by atoms with Crippen LogP contribution in [0.1, 0.15) is 28.0 Å². The van der Waals surface area contributed by atoms with Crippen molar-refractivity contribution in [2.24, 2.45) is 0 Å². The number of thiophene rings is 1. The van der Waals surface area contributed by atoms with E-state index in [1.54, 1.807) is 0 Å². The Morgan fingerprint density at radius 3 is 2.87 bits per heavy atom. The Bertz CT molecular complexity index is 1760. The monoisotopic (exact) mass is 571 g/mol. The molecule has 0 aliphatic heterocycles. The molecular weight excluding hydrogens is 551 g/mol. The highest BCUT2D eigenvalue weighted by atomic mass is 32.1. The Hall–Kier alpha value is -3.97. The van der Waals surface area contributed by atoms with Gasteiger partial charge in [-0.1, -0.05) is 23.5 Å². The zero-order valence-corrected chi connectivity index (χ0v) is 21.7. The van der Waals surface area contributed by atoms with Gasteiger partial charge in [0.05, 0.1) is 21.2 Å². The molecule has 5 aromatic rings. The van der Waals surface area contributed by atoms with Crippen LogP contribution in [0, 0.1) is 0 Å². The fourth-order valence-electron chi connectivity index (χ4n) is 4.66. The first kappa shape index (κ1) is 25.3. The first-order valence-corrected chi connectivity index (χ1v) is 13.6. The first-order chi connectivity index (χ1) is 18.7. The lowest BCUT2D eigenvalue weighted by Gasteiger charge is -2.23. The van der Waals surface area contributed by atoms with Crippen molar-refractivity contribution in [1.29, 1.82) is 0 Å². The number of amides is 1. The third-order valence-electron chi connectivity index (χ3n) is 6.45. The maximum atomic E-state index is 12.9. The highest BCUT2D eigenvalue weighted by Crippen LogP contribution is 2.40. The smallest absolute Gasteiger partial charge is 0.416 e. The number of carbonyl (C=O) groups excluding carboxylic acids is 1. The maximum absolute atomic E-state index is 12.9. The lowest BCUT2D eigenvalue weighted by atomic mass is 9.94. The summed E-state index contributed by atoms with van der Waals surface area (Å²) in [5.74, 6) is 0.665. The number of carbonyl (C=O) groups is 1. The molecular formula is C26H20F3N5O3S2. The summed E-state index contributed by atoms with van der Waals surface area (Å²) in [4.78, 5) is 37.5. The predicted molar refractivity (Wildman–Crippen MR) is 144 cm³/mol. The van der Waals surface area contributed by atoms with Crippen LogP contribution in [0.4, 0.5) is 29.5 Å². The molecule has 1 aliphatic rings. The van der Waals surface area contributed by atoms with Gasteiger partial charge in [-0.15, -0.1) is 11.3 Å². The Morgan fingerprint density at radius 1 is 1.15 bits per heavy atom. The fourth-order valence-corrected chi connectivity index (χ4v) is 6.69. The predicted octanol–water partition coefficient (Wildman–Crippen LogP) is 6.14. The fraction of sp³-hybridized carbons (Fsp3) is 0.231. The topological polar surface area (TPSA) is 109 Å². The average molecular weight is 572 g/mol. The van der Waals surface area contributed by atoms with Crippen molar-refractivity contribution in [2.45, 2.75) is 38.1 Å². The number of aryl methyl sites for hydroxylation is 1. The number of halogens is 3. The molecule has 3 heterocycles. The van der Waals surface area contributed by atoms with Crippen LogP contribution in [-0.4, -0.2) is 27.1 Å². The van der Waals surface area contributed by atoms with E-state index in [0.29, 0.717) is 30.6 Å². The Balaban J connectivity index is 1.14. The molecule has 0 spiro atoms. The van der Waals surface area contributed by atoms with Gasteiger partial charge in [-0.3, -0.25) is 4.79 Å². The van der Waals surface area contributed by atoms with E-state index in [1.807, 2.05) is 18.2 Å². The largest absolute Gasteiger partial charge is 0.446 e. The maximum Gasteiger partial charge on any atom is 0.416 e. The summed E-state index contributed by atoms with van der Waals surface area (Å²) in [5, 5.41) is 6.83. The third kappa shape index (κ3) is 5.32. The van der Waals surface area contributed by atoms with Crippen molar-refractivity contribution in [3.63, 3.8) is 0 Å². The molecule has 0 saturated carbocycles. The van der Waals surface area contributed by atoms with Crippen LogP contribution in [0.25, 0.3) is 20.4 Å². The van der Waals surface area contributed by atoms with E-state index in [-0.39, 0.29) is 17.5 Å². The molecule has 0 fully saturated rings. The molecule has 39 heavy (non-hydrogen) atoms. The number of rotatable bonds is 5. The highest BCUT2D eigenvalue weighted by Gasteiger charge is 2.30. The van der Waals surface area contributed by atoms with Crippen LogP contribution < -0.4 is 15.5 Å². The van der Waals surface area contributed by atoms with E-state index in [4.69, 9.17) is 4.74 Å². The van der Waals surface area contributed by atoms with Gasteiger partial charge in [0.2, 0.25) is 0 Å². The van der Waals surface area contributed by atoms with Gasteiger partial charge in [0.15, 0.2) is 0 Å². The van der Waals surface area contributed by atoms with Gasteiger partial charge >= 0.3 is 17.1 Å². The van der Waals surface area contributed by atoms with E-state index in [0.717, 1.165) is 60.0 Å². The highest BCUT2D eigenvalue weighted by molar-refractivity contribution is 7.19. The average Bonchev–Trinajstić information content (AvgIpc) is 3.46. The summed E-state index contributed by atoms with van der Waals surface area (Å²) < 4.78 is 45.2. The van der Waals surface area contributed by atoms with Crippen LogP contribution in [0.15, 0.2) is 53.6 Å². The quantitative estimate of drug-likeness (QED) is 0.234. The molecule has 0 bridgehead atoms. The number of nitrogens with zero attached hydrogens (tertiary/aromatic N) is 2. The number of anilines is 2. The van der Waals surface area contributed by atoms with Crippen LogP contribution in [-0.2, 0) is 30.3 Å². The lowest BCUT2D eigenvalue weighted by molar-refractivity contribution is -0.137. The molecule has 13 heteroatoms. The summed E-state index contributed by atoms with van der Waals surface area (Å²) in [7, 11) is 0. The summed E-state index contributed by atoms with van der Waals surface area (Å²) in [6, 6.07) is 10.4. The zero-order valence-electron chi connectivity index (χ0n) is 20.1. The minimum absolute atomic E-state index is 0.0698.